The quantitative estimate of drug-likeness (QED) is 0.434. The van der Waals surface area contributed by atoms with Crippen molar-refractivity contribution < 1.29 is 33.3 Å². The molecule has 0 aromatic heterocycles. The third-order valence-electron chi connectivity index (χ3n) is 4.68. The molecule has 2 aliphatic rings. The number of ketones is 1. The first-order chi connectivity index (χ1) is 13.7. The third-order valence-corrected chi connectivity index (χ3v) is 4.96. The van der Waals surface area contributed by atoms with Crippen LogP contribution in [-0.2, 0) is 33.3 Å². The van der Waals surface area contributed by atoms with Crippen molar-refractivity contribution >= 4 is 29.3 Å². The second-order valence-electron chi connectivity index (χ2n) is 7.07. The lowest BCUT2D eigenvalue weighted by Crippen LogP contribution is -2.36. The van der Waals surface area contributed by atoms with Gasteiger partial charge in [0.2, 0.25) is 5.78 Å². The predicted octanol–water partition coefficient (Wildman–Crippen LogP) is 3.36. The van der Waals surface area contributed by atoms with E-state index in [0.29, 0.717) is 12.2 Å². The molecule has 0 spiro atoms. The van der Waals surface area contributed by atoms with Crippen molar-refractivity contribution in [2.45, 2.75) is 63.9 Å². The number of hydrogen-bond donors (Lipinski definition) is 0. The highest BCUT2D eigenvalue weighted by atomic mass is 35.5. The summed E-state index contributed by atoms with van der Waals surface area (Å²) < 4.78 is 21.5. The maximum absolute atomic E-state index is 12.5. The smallest absolute Gasteiger partial charge is 0.305 e. The molecule has 7 nitrogen and oxygen atoms in total. The van der Waals surface area contributed by atoms with Gasteiger partial charge in [-0.15, -0.1) is 0 Å². The highest BCUT2D eigenvalue weighted by Gasteiger charge is 2.42. The minimum atomic E-state index is -1.01. The van der Waals surface area contributed by atoms with Gasteiger partial charge in [-0.05, 0) is 44.8 Å². The molecule has 29 heavy (non-hydrogen) atoms. The fraction of sp³-hybridized carbons (Fsp3) is 0.571. The van der Waals surface area contributed by atoms with Crippen LogP contribution in [0.2, 0.25) is 0 Å². The van der Waals surface area contributed by atoms with Gasteiger partial charge in [-0.25, -0.2) is 0 Å². The van der Waals surface area contributed by atoms with Crippen LogP contribution in [0.15, 0.2) is 34.9 Å². The summed E-state index contributed by atoms with van der Waals surface area (Å²) in [4.78, 5) is 35.2. The van der Waals surface area contributed by atoms with E-state index in [9.17, 15) is 14.4 Å². The Balaban J connectivity index is 2.13. The Morgan fingerprint density at radius 1 is 1.41 bits per heavy atom. The van der Waals surface area contributed by atoms with Crippen molar-refractivity contribution in [1.29, 1.82) is 0 Å². The Kier molecular flexibility index (Phi) is 8.61. The predicted molar refractivity (Wildman–Crippen MR) is 106 cm³/mol. The molecule has 2 unspecified atom stereocenters. The maximum Gasteiger partial charge on any atom is 0.305 e. The SMILES string of the molecule is COC(=O)CC[C@H](C=CC=C1C(=O)C(Cl)=CC1(C)OC1CCCCO1)OC(C)=O. The van der Waals surface area contributed by atoms with E-state index in [4.69, 9.17) is 25.8 Å². The Bertz CT molecular complexity index is 719. The minimum Gasteiger partial charge on any atom is -0.469 e. The van der Waals surface area contributed by atoms with Crippen molar-refractivity contribution in [3.63, 3.8) is 0 Å². The number of esters is 2. The number of hydrogen-bond acceptors (Lipinski definition) is 7. The molecule has 0 bridgehead atoms. The van der Waals surface area contributed by atoms with Crippen LogP contribution < -0.4 is 0 Å². The van der Waals surface area contributed by atoms with Crippen molar-refractivity contribution in [3.8, 4) is 0 Å². The van der Waals surface area contributed by atoms with E-state index in [1.807, 2.05) is 0 Å². The summed E-state index contributed by atoms with van der Waals surface area (Å²) in [7, 11) is 1.29. The summed E-state index contributed by atoms with van der Waals surface area (Å²) in [6.07, 6.45) is 8.44. The first kappa shape index (κ1) is 23.3. The molecule has 2 rings (SSSR count). The lowest BCUT2D eigenvalue weighted by atomic mass is 9.97. The molecule has 3 atom stereocenters. The fourth-order valence-corrected chi connectivity index (χ4v) is 3.51. The normalized spacial score (nSPS) is 27.2. The van der Waals surface area contributed by atoms with Gasteiger partial charge in [0.1, 0.15) is 11.7 Å². The molecule has 0 aromatic rings. The number of carbonyl (C=O) groups is 3. The van der Waals surface area contributed by atoms with Crippen molar-refractivity contribution in [3.05, 3.63) is 34.9 Å². The van der Waals surface area contributed by atoms with Crippen LogP contribution in [0.3, 0.4) is 0 Å². The monoisotopic (exact) mass is 426 g/mol. The average molecular weight is 427 g/mol. The first-order valence-electron chi connectivity index (χ1n) is 9.60. The molecule has 0 aromatic carbocycles. The van der Waals surface area contributed by atoms with E-state index in [0.717, 1.165) is 19.3 Å². The highest BCUT2D eigenvalue weighted by molar-refractivity contribution is 6.46. The molecule has 1 saturated heterocycles. The molecule has 1 fully saturated rings. The number of rotatable bonds is 8. The zero-order chi connectivity index (χ0) is 21.4. The third kappa shape index (κ3) is 6.80. The van der Waals surface area contributed by atoms with E-state index >= 15 is 0 Å². The van der Waals surface area contributed by atoms with Crippen molar-refractivity contribution in [2.24, 2.45) is 0 Å². The van der Waals surface area contributed by atoms with Gasteiger partial charge in [-0.2, -0.15) is 0 Å². The minimum absolute atomic E-state index is 0.0881. The largest absolute Gasteiger partial charge is 0.469 e. The zero-order valence-electron chi connectivity index (χ0n) is 16.9. The number of Topliss-reactive ketones (excluding diaryl/α,β-unsaturated/α-hetero) is 1. The number of ether oxygens (including phenoxy) is 4. The molecule has 1 aliphatic carbocycles. The van der Waals surface area contributed by atoms with E-state index in [-0.39, 0.29) is 23.7 Å². The van der Waals surface area contributed by atoms with Crippen LogP contribution in [0, 0.1) is 0 Å². The summed E-state index contributed by atoms with van der Waals surface area (Å²) in [5, 5.41) is 0.0881. The van der Waals surface area contributed by atoms with Crippen LogP contribution in [-0.4, -0.2) is 49.4 Å². The van der Waals surface area contributed by atoms with Gasteiger partial charge in [-0.1, -0.05) is 23.8 Å². The van der Waals surface area contributed by atoms with Crippen LogP contribution in [0.5, 0.6) is 0 Å². The standard InChI is InChI=1S/C21H27ClO7/c1-14(23)28-15(10-11-18(24)26-3)7-6-8-16-20(25)17(22)13-21(16,2)29-19-9-4-5-12-27-19/h6-8,13,15,19H,4-5,9-12H2,1-3H3/t15-,19?,21?/m0/s1. The summed E-state index contributed by atoms with van der Waals surface area (Å²) >= 11 is 6.08. The Labute approximate surface area is 175 Å². The van der Waals surface area contributed by atoms with Crippen molar-refractivity contribution in [1.82, 2.24) is 0 Å². The van der Waals surface area contributed by atoms with E-state index < -0.39 is 29.9 Å². The molecular formula is C21H27ClO7. The summed E-state index contributed by atoms with van der Waals surface area (Å²) in [6.45, 7) is 3.67. The van der Waals surface area contributed by atoms with Gasteiger partial charge in [0.05, 0.1) is 12.1 Å². The van der Waals surface area contributed by atoms with Gasteiger partial charge in [0.15, 0.2) is 6.29 Å². The maximum atomic E-state index is 12.5. The summed E-state index contributed by atoms with van der Waals surface area (Å²) in [5.41, 5.74) is -0.647. The second-order valence-corrected chi connectivity index (χ2v) is 7.48. The molecule has 8 heteroatoms. The number of carbonyl (C=O) groups excluding carboxylic acids is 3. The molecule has 0 saturated carbocycles. The fourth-order valence-electron chi connectivity index (χ4n) is 3.20. The lowest BCUT2D eigenvalue weighted by Gasteiger charge is -2.32. The first-order valence-corrected chi connectivity index (χ1v) is 9.98. The highest BCUT2D eigenvalue weighted by Crippen LogP contribution is 2.37. The molecule has 1 heterocycles. The van der Waals surface area contributed by atoms with E-state index in [1.165, 1.54) is 14.0 Å². The zero-order valence-corrected chi connectivity index (χ0v) is 17.7. The van der Waals surface area contributed by atoms with Gasteiger partial charge in [-0.3, -0.25) is 14.4 Å². The Hall–Kier alpha value is -1.96. The lowest BCUT2D eigenvalue weighted by molar-refractivity contribution is -0.196. The summed E-state index contributed by atoms with van der Waals surface area (Å²) in [6, 6.07) is 0. The van der Waals surface area contributed by atoms with Gasteiger partial charge >= 0.3 is 11.9 Å². The van der Waals surface area contributed by atoms with Crippen LogP contribution >= 0.6 is 11.6 Å². The van der Waals surface area contributed by atoms with Gasteiger partial charge in [0, 0.05) is 25.5 Å². The van der Waals surface area contributed by atoms with Crippen LogP contribution in [0.1, 0.15) is 46.0 Å². The topological polar surface area (TPSA) is 88.1 Å². The number of halogens is 1. The molecule has 160 valence electrons. The molecule has 0 amide bonds. The van der Waals surface area contributed by atoms with Crippen molar-refractivity contribution in [2.75, 3.05) is 13.7 Å². The molecule has 0 N–H and O–H groups in total. The van der Waals surface area contributed by atoms with Crippen LogP contribution in [0.25, 0.3) is 0 Å². The van der Waals surface area contributed by atoms with E-state index in [2.05, 4.69) is 4.74 Å². The van der Waals surface area contributed by atoms with Gasteiger partial charge in [0.25, 0.3) is 0 Å². The van der Waals surface area contributed by atoms with Crippen LogP contribution in [0.4, 0.5) is 0 Å². The molecular weight excluding hydrogens is 400 g/mol. The van der Waals surface area contributed by atoms with E-state index in [1.54, 1.807) is 31.2 Å². The molecule has 0 radical (unpaired) electrons. The second kappa shape index (κ2) is 10.7. The average Bonchev–Trinajstić information content (AvgIpc) is 2.88. The number of allylic oxidation sites excluding steroid dienone is 3. The molecule has 1 aliphatic heterocycles. The Morgan fingerprint density at radius 2 is 2.17 bits per heavy atom. The number of methoxy groups -OCH3 is 1. The Morgan fingerprint density at radius 3 is 2.79 bits per heavy atom. The summed E-state index contributed by atoms with van der Waals surface area (Å²) in [5.74, 6) is -1.20. The van der Waals surface area contributed by atoms with Gasteiger partial charge < -0.3 is 18.9 Å².